The van der Waals surface area contributed by atoms with Crippen molar-refractivity contribution in [2.24, 2.45) is 7.05 Å². The van der Waals surface area contributed by atoms with Crippen molar-refractivity contribution < 1.29 is 4.42 Å². The zero-order valence-corrected chi connectivity index (χ0v) is 12.5. The number of rotatable bonds is 4. The van der Waals surface area contributed by atoms with Gasteiger partial charge in [-0.25, -0.2) is 0 Å². The molecule has 0 aliphatic heterocycles. The van der Waals surface area contributed by atoms with Crippen LogP contribution in [0.4, 0.5) is 5.69 Å². The lowest BCUT2D eigenvalue weighted by atomic mass is 10.2. The third-order valence-electron chi connectivity index (χ3n) is 2.93. The summed E-state index contributed by atoms with van der Waals surface area (Å²) in [4.78, 5) is 0. The molecule has 102 valence electrons. The zero-order chi connectivity index (χ0) is 13.9. The van der Waals surface area contributed by atoms with Crippen LogP contribution < -0.4 is 5.32 Å². The van der Waals surface area contributed by atoms with Gasteiger partial charge in [-0.3, -0.25) is 0 Å². The minimum Gasteiger partial charge on any atom is -0.452 e. The fourth-order valence-electron chi connectivity index (χ4n) is 1.95. The number of halogens is 1. The Morgan fingerprint density at radius 3 is 2.90 bits per heavy atom. The number of hydrogen-bond acceptors (Lipinski definition) is 4. The van der Waals surface area contributed by atoms with Crippen molar-refractivity contribution >= 4 is 21.6 Å². The van der Waals surface area contributed by atoms with Crippen LogP contribution in [0, 0.1) is 0 Å². The summed E-state index contributed by atoms with van der Waals surface area (Å²) in [6, 6.07) is 11.9. The summed E-state index contributed by atoms with van der Waals surface area (Å²) in [5.41, 5.74) is 2.04. The maximum atomic E-state index is 5.45. The number of aryl methyl sites for hydroxylation is 1. The maximum absolute atomic E-state index is 5.45. The van der Waals surface area contributed by atoms with Gasteiger partial charge < -0.3 is 14.3 Å². The summed E-state index contributed by atoms with van der Waals surface area (Å²) < 4.78 is 8.08. The van der Waals surface area contributed by atoms with Gasteiger partial charge in [0.25, 0.3) is 0 Å². The Bertz CT molecular complexity index is 719. The van der Waals surface area contributed by atoms with E-state index in [2.05, 4.69) is 31.4 Å². The first-order valence-electron chi connectivity index (χ1n) is 6.15. The van der Waals surface area contributed by atoms with Crippen LogP contribution in [-0.4, -0.2) is 14.8 Å². The molecule has 0 fully saturated rings. The molecular weight excluding hydrogens is 320 g/mol. The van der Waals surface area contributed by atoms with Crippen LogP contribution in [0.25, 0.3) is 11.4 Å². The molecule has 0 spiro atoms. The van der Waals surface area contributed by atoms with Gasteiger partial charge in [-0.2, -0.15) is 0 Å². The molecule has 1 N–H and O–H groups in total. The molecule has 0 aliphatic carbocycles. The Morgan fingerprint density at radius 2 is 2.20 bits per heavy atom. The van der Waals surface area contributed by atoms with Crippen molar-refractivity contribution in [2.45, 2.75) is 6.54 Å². The molecule has 3 rings (SSSR count). The highest BCUT2D eigenvalue weighted by atomic mass is 79.9. The number of furan rings is 1. The highest BCUT2D eigenvalue weighted by Crippen LogP contribution is 2.21. The summed E-state index contributed by atoms with van der Waals surface area (Å²) in [6.07, 6.45) is 1.69. The molecule has 0 radical (unpaired) electrons. The van der Waals surface area contributed by atoms with Crippen LogP contribution in [-0.2, 0) is 13.6 Å². The first kappa shape index (κ1) is 12.9. The van der Waals surface area contributed by atoms with E-state index < -0.39 is 0 Å². The minimum absolute atomic E-state index is 0.633. The summed E-state index contributed by atoms with van der Waals surface area (Å²) >= 11 is 3.29. The van der Waals surface area contributed by atoms with Gasteiger partial charge in [0, 0.05) is 18.3 Å². The number of aromatic nitrogens is 3. The van der Waals surface area contributed by atoms with Crippen molar-refractivity contribution in [3.05, 3.63) is 53.2 Å². The lowest BCUT2D eigenvalue weighted by molar-refractivity contribution is 0.495. The van der Waals surface area contributed by atoms with Crippen LogP contribution in [0.3, 0.4) is 0 Å². The highest BCUT2D eigenvalue weighted by molar-refractivity contribution is 9.10. The van der Waals surface area contributed by atoms with E-state index in [4.69, 9.17) is 4.42 Å². The largest absolute Gasteiger partial charge is 0.452 e. The molecule has 0 saturated heterocycles. The fourth-order valence-corrected chi connectivity index (χ4v) is 2.29. The lowest BCUT2D eigenvalue weighted by Gasteiger charge is -2.07. The van der Waals surface area contributed by atoms with E-state index in [1.807, 2.05) is 48.0 Å². The van der Waals surface area contributed by atoms with E-state index in [9.17, 15) is 0 Å². The van der Waals surface area contributed by atoms with Gasteiger partial charge in [0.2, 0.25) is 0 Å². The molecule has 2 aromatic heterocycles. The summed E-state index contributed by atoms with van der Waals surface area (Å²) in [5.74, 6) is 1.72. The quantitative estimate of drug-likeness (QED) is 0.795. The molecule has 0 amide bonds. The van der Waals surface area contributed by atoms with Gasteiger partial charge in [-0.05, 0) is 40.2 Å². The molecule has 6 heteroatoms. The molecule has 5 nitrogen and oxygen atoms in total. The monoisotopic (exact) mass is 332 g/mol. The lowest BCUT2D eigenvalue weighted by Crippen LogP contribution is -1.99. The number of hydrogen-bond donors (Lipinski definition) is 1. The first-order chi connectivity index (χ1) is 9.72. The molecule has 1 aromatic carbocycles. The van der Waals surface area contributed by atoms with E-state index in [1.165, 1.54) is 0 Å². The molecule has 0 aliphatic rings. The summed E-state index contributed by atoms with van der Waals surface area (Å²) in [6.45, 7) is 0.633. The Hall–Kier alpha value is -2.08. The van der Waals surface area contributed by atoms with E-state index in [0.717, 1.165) is 27.5 Å². The van der Waals surface area contributed by atoms with E-state index in [1.54, 1.807) is 6.33 Å². The van der Waals surface area contributed by atoms with Crippen LogP contribution in [0.15, 0.2) is 51.8 Å². The van der Waals surface area contributed by atoms with Gasteiger partial charge in [-0.15, -0.1) is 10.2 Å². The molecule has 3 aromatic rings. The topological polar surface area (TPSA) is 55.9 Å². The first-order valence-corrected chi connectivity index (χ1v) is 6.94. The standard InChI is InChI=1S/C14H13BrN4O/c1-19-9-17-18-14(19)10-3-2-4-11(7-10)16-8-12-5-6-13(15)20-12/h2-7,9,16H,8H2,1H3. The van der Waals surface area contributed by atoms with Gasteiger partial charge in [0.1, 0.15) is 12.1 Å². The molecule has 0 saturated carbocycles. The molecule has 20 heavy (non-hydrogen) atoms. The van der Waals surface area contributed by atoms with Gasteiger partial charge in [0.05, 0.1) is 6.54 Å². The highest BCUT2D eigenvalue weighted by Gasteiger charge is 2.05. The zero-order valence-electron chi connectivity index (χ0n) is 10.9. The average molecular weight is 333 g/mol. The third-order valence-corrected chi connectivity index (χ3v) is 3.35. The second kappa shape index (κ2) is 5.50. The Balaban J connectivity index is 1.76. The van der Waals surface area contributed by atoms with Crippen LogP contribution in [0.2, 0.25) is 0 Å². The van der Waals surface area contributed by atoms with E-state index >= 15 is 0 Å². The number of benzene rings is 1. The second-order valence-corrected chi connectivity index (χ2v) is 5.19. The van der Waals surface area contributed by atoms with Crippen LogP contribution in [0.1, 0.15) is 5.76 Å². The predicted octanol–water partition coefficient (Wildman–Crippen LogP) is 3.45. The third kappa shape index (κ3) is 2.75. The minimum atomic E-state index is 0.633. The van der Waals surface area contributed by atoms with E-state index in [0.29, 0.717) is 6.54 Å². The van der Waals surface area contributed by atoms with Crippen molar-refractivity contribution in [3.63, 3.8) is 0 Å². The van der Waals surface area contributed by atoms with Gasteiger partial charge in [0.15, 0.2) is 10.5 Å². The smallest absolute Gasteiger partial charge is 0.169 e. The number of nitrogens with one attached hydrogen (secondary N) is 1. The predicted molar refractivity (Wildman–Crippen MR) is 80.2 cm³/mol. The Labute approximate surface area is 124 Å². The molecule has 0 atom stereocenters. The number of anilines is 1. The van der Waals surface area contributed by atoms with Crippen LogP contribution in [0.5, 0.6) is 0 Å². The average Bonchev–Trinajstić information content (AvgIpc) is 3.05. The SMILES string of the molecule is Cn1cnnc1-c1cccc(NCc2ccc(Br)o2)c1. The van der Waals surface area contributed by atoms with Crippen molar-refractivity contribution in [1.82, 2.24) is 14.8 Å². The molecular formula is C14H13BrN4O. The molecule has 0 bridgehead atoms. The van der Waals surface area contributed by atoms with Crippen molar-refractivity contribution in [3.8, 4) is 11.4 Å². The maximum Gasteiger partial charge on any atom is 0.169 e. The van der Waals surface area contributed by atoms with Crippen LogP contribution >= 0.6 is 15.9 Å². The number of nitrogens with zero attached hydrogens (tertiary/aromatic N) is 3. The summed E-state index contributed by atoms with van der Waals surface area (Å²) in [5, 5.41) is 11.3. The fraction of sp³-hybridized carbons (Fsp3) is 0.143. The Morgan fingerprint density at radius 1 is 1.30 bits per heavy atom. The van der Waals surface area contributed by atoms with Gasteiger partial charge >= 0.3 is 0 Å². The van der Waals surface area contributed by atoms with Crippen molar-refractivity contribution in [1.29, 1.82) is 0 Å². The molecule has 0 unspecified atom stereocenters. The molecule has 2 heterocycles. The summed E-state index contributed by atoms with van der Waals surface area (Å²) in [7, 11) is 1.93. The normalized spacial score (nSPS) is 10.7. The van der Waals surface area contributed by atoms with Crippen molar-refractivity contribution in [2.75, 3.05) is 5.32 Å². The Kier molecular flexibility index (Phi) is 3.56. The van der Waals surface area contributed by atoms with E-state index in [-0.39, 0.29) is 0 Å². The van der Waals surface area contributed by atoms with Gasteiger partial charge in [-0.1, -0.05) is 12.1 Å². The second-order valence-electron chi connectivity index (χ2n) is 4.41.